The predicted molar refractivity (Wildman–Crippen MR) is 69.7 cm³/mol. The molecule has 96 valence electrons. The molecule has 0 aliphatic rings. The van der Waals surface area contributed by atoms with E-state index in [9.17, 15) is 4.39 Å². The van der Waals surface area contributed by atoms with Gasteiger partial charge in [-0.15, -0.1) is 0 Å². The zero-order valence-electron chi connectivity index (χ0n) is 10.7. The Hall–Kier alpha value is -1.29. The summed E-state index contributed by atoms with van der Waals surface area (Å²) in [4.78, 5) is 2.13. The summed E-state index contributed by atoms with van der Waals surface area (Å²) in [5, 5.41) is 0. The van der Waals surface area contributed by atoms with Crippen molar-refractivity contribution >= 4 is 11.4 Å². The van der Waals surface area contributed by atoms with Gasteiger partial charge >= 0.3 is 0 Å². The van der Waals surface area contributed by atoms with Crippen LogP contribution in [0.2, 0.25) is 0 Å². The third kappa shape index (κ3) is 4.23. The number of benzene rings is 1. The van der Waals surface area contributed by atoms with Crippen molar-refractivity contribution < 1.29 is 9.13 Å². The van der Waals surface area contributed by atoms with Crippen molar-refractivity contribution in [3.8, 4) is 0 Å². The van der Waals surface area contributed by atoms with E-state index in [1.54, 1.807) is 13.2 Å². The first-order valence-electron chi connectivity index (χ1n) is 5.83. The van der Waals surface area contributed by atoms with Crippen LogP contribution < -0.4 is 10.6 Å². The lowest BCUT2D eigenvalue weighted by atomic mass is 10.1. The summed E-state index contributed by atoms with van der Waals surface area (Å²) in [5.74, 6) is 0.207. The van der Waals surface area contributed by atoms with Crippen molar-refractivity contribution in [3.05, 3.63) is 24.0 Å². The van der Waals surface area contributed by atoms with Gasteiger partial charge in [-0.2, -0.15) is 0 Å². The molecule has 2 N–H and O–H groups in total. The minimum absolute atomic E-state index is 0.303. The van der Waals surface area contributed by atoms with E-state index >= 15 is 0 Å². The average molecular weight is 240 g/mol. The normalized spacial score (nSPS) is 10.9. The summed E-state index contributed by atoms with van der Waals surface area (Å²) < 4.78 is 18.1. The standard InChI is InChI=1S/C13H21FN2O/c1-10(2)9-16(6-7-17-3)13-5-4-11(14)8-12(13)15/h4-5,8,10H,6-7,9,15H2,1-3H3. The SMILES string of the molecule is COCCN(CC(C)C)c1ccc(F)cc1N. The van der Waals surface area contributed by atoms with Crippen LogP contribution in [0, 0.1) is 11.7 Å². The Bertz CT molecular complexity index is 355. The molecule has 0 heterocycles. The summed E-state index contributed by atoms with van der Waals surface area (Å²) >= 11 is 0. The molecule has 0 radical (unpaired) electrons. The van der Waals surface area contributed by atoms with Gasteiger partial charge in [0.05, 0.1) is 18.0 Å². The summed E-state index contributed by atoms with van der Waals surface area (Å²) in [7, 11) is 1.67. The molecule has 0 fully saturated rings. The maximum atomic E-state index is 13.0. The van der Waals surface area contributed by atoms with Crippen molar-refractivity contribution in [2.75, 3.05) is 37.4 Å². The smallest absolute Gasteiger partial charge is 0.125 e. The first kappa shape index (κ1) is 13.8. The number of ether oxygens (including phenoxy) is 1. The summed E-state index contributed by atoms with van der Waals surface area (Å²) in [5.41, 5.74) is 7.19. The number of methoxy groups -OCH3 is 1. The van der Waals surface area contributed by atoms with Crippen LogP contribution in [0.4, 0.5) is 15.8 Å². The second kappa shape index (κ2) is 6.45. The molecule has 0 aliphatic heterocycles. The van der Waals surface area contributed by atoms with Crippen molar-refractivity contribution in [1.82, 2.24) is 0 Å². The molecule has 0 saturated carbocycles. The monoisotopic (exact) mass is 240 g/mol. The molecule has 0 unspecified atom stereocenters. The molecule has 0 amide bonds. The van der Waals surface area contributed by atoms with Gasteiger partial charge in [0.25, 0.3) is 0 Å². The second-order valence-electron chi connectivity index (χ2n) is 4.54. The minimum atomic E-state index is -0.303. The number of nitrogens with zero attached hydrogens (tertiary/aromatic N) is 1. The zero-order valence-corrected chi connectivity index (χ0v) is 10.7. The fraction of sp³-hybridized carbons (Fsp3) is 0.538. The van der Waals surface area contributed by atoms with E-state index in [-0.39, 0.29) is 5.82 Å². The van der Waals surface area contributed by atoms with E-state index in [4.69, 9.17) is 10.5 Å². The Balaban J connectivity index is 2.86. The van der Waals surface area contributed by atoms with Gasteiger partial charge in [0.2, 0.25) is 0 Å². The van der Waals surface area contributed by atoms with Gasteiger partial charge in [0, 0.05) is 20.2 Å². The lowest BCUT2D eigenvalue weighted by molar-refractivity contribution is 0.204. The number of anilines is 2. The molecule has 1 aromatic carbocycles. The molecule has 0 saturated heterocycles. The molecule has 0 atom stereocenters. The van der Waals surface area contributed by atoms with Crippen LogP contribution in [0.3, 0.4) is 0 Å². The molecule has 0 bridgehead atoms. The molecular weight excluding hydrogens is 219 g/mol. The molecule has 0 aromatic heterocycles. The van der Waals surface area contributed by atoms with Crippen LogP contribution in [-0.2, 0) is 4.74 Å². The Morgan fingerprint density at radius 1 is 1.41 bits per heavy atom. The maximum Gasteiger partial charge on any atom is 0.125 e. The van der Waals surface area contributed by atoms with Gasteiger partial charge in [-0.05, 0) is 24.1 Å². The van der Waals surface area contributed by atoms with E-state index in [1.165, 1.54) is 12.1 Å². The molecule has 3 nitrogen and oxygen atoms in total. The highest BCUT2D eigenvalue weighted by atomic mass is 19.1. The Labute approximate surface area is 102 Å². The number of hydrogen-bond donors (Lipinski definition) is 1. The van der Waals surface area contributed by atoms with Gasteiger partial charge in [0.15, 0.2) is 0 Å². The molecule has 1 rings (SSSR count). The highest BCUT2D eigenvalue weighted by Crippen LogP contribution is 2.24. The van der Waals surface area contributed by atoms with E-state index in [1.807, 2.05) is 0 Å². The third-order valence-electron chi connectivity index (χ3n) is 2.48. The van der Waals surface area contributed by atoms with Gasteiger partial charge in [0.1, 0.15) is 5.82 Å². The number of nitrogen functional groups attached to an aromatic ring is 1. The van der Waals surface area contributed by atoms with E-state index in [2.05, 4.69) is 18.7 Å². The summed E-state index contributed by atoms with van der Waals surface area (Å²) in [6, 6.07) is 4.52. The second-order valence-corrected chi connectivity index (χ2v) is 4.54. The van der Waals surface area contributed by atoms with Crippen LogP contribution in [0.5, 0.6) is 0 Å². The van der Waals surface area contributed by atoms with E-state index in [0.717, 1.165) is 18.8 Å². The number of rotatable bonds is 6. The van der Waals surface area contributed by atoms with Crippen LogP contribution in [-0.4, -0.2) is 26.8 Å². The largest absolute Gasteiger partial charge is 0.397 e. The average Bonchev–Trinajstić information content (AvgIpc) is 2.24. The van der Waals surface area contributed by atoms with Crippen molar-refractivity contribution in [1.29, 1.82) is 0 Å². The van der Waals surface area contributed by atoms with Crippen molar-refractivity contribution in [3.63, 3.8) is 0 Å². The van der Waals surface area contributed by atoms with Crippen LogP contribution in [0.25, 0.3) is 0 Å². The van der Waals surface area contributed by atoms with Gasteiger partial charge < -0.3 is 15.4 Å². The van der Waals surface area contributed by atoms with Crippen molar-refractivity contribution in [2.45, 2.75) is 13.8 Å². The first-order chi connectivity index (χ1) is 8.04. The Kier molecular flexibility index (Phi) is 5.22. The van der Waals surface area contributed by atoms with Crippen LogP contribution >= 0.6 is 0 Å². The van der Waals surface area contributed by atoms with Crippen LogP contribution in [0.1, 0.15) is 13.8 Å². The number of nitrogens with two attached hydrogens (primary N) is 1. The van der Waals surface area contributed by atoms with E-state index < -0.39 is 0 Å². The zero-order chi connectivity index (χ0) is 12.8. The predicted octanol–water partition coefficient (Wildman–Crippen LogP) is 2.52. The highest BCUT2D eigenvalue weighted by Gasteiger charge is 2.11. The Morgan fingerprint density at radius 2 is 2.12 bits per heavy atom. The minimum Gasteiger partial charge on any atom is -0.397 e. The lowest BCUT2D eigenvalue weighted by Gasteiger charge is -2.27. The van der Waals surface area contributed by atoms with E-state index in [0.29, 0.717) is 18.2 Å². The fourth-order valence-corrected chi connectivity index (χ4v) is 1.77. The highest BCUT2D eigenvalue weighted by molar-refractivity contribution is 5.67. The summed E-state index contributed by atoms with van der Waals surface area (Å²) in [6.07, 6.45) is 0. The third-order valence-corrected chi connectivity index (χ3v) is 2.48. The van der Waals surface area contributed by atoms with Gasteiger partial charge in [-0.3, -0.25) is 0 Å². The molecule has 1 aromatic rings. The molecular formula is C13H21FN2O. The number of halogens is 1. The topological polar surface area (TPSA) is 38.5 Å². The molecule has 17 heavy (non-hydrogen) atoms. The first-order valence-corrected chi connectivity index (χ1v) is 5.83. The summed E-state index contributed by atoms with van der Waals surface area (Å²) in [6.45, 7) is 6.53. The van der Waals surface area contributed by atoms with Crippen LogP contribution in [0.15, 0.2) is 18.2 Å². The van der Waals surface area contributed by atoms with Crippen molar-refractivity contribution in [2.24, 2.45) is 5.92 Å². The molecule has 4 heteroatoms. The quantitative estimate of drug-likeness (QED) is 0.776. The van der Waals surface area contributed by atoms with Gasteiger partial charge in [-0.25, -0.2) is 4.39 Å². The fourth-order valence-electron chi connectivity index (χ4n) is 1.77. The molecule has 0 aliphatic carbocycles. The Morgan fingerprint density at radius 3 is 2.65 bits per heavy atom. The molecule has 0 spiro atoms. The lowest BCUT2D eigenvalue weighted by Crippen LogP contribution is -2.31. The number of hydrogen-bond acceptors (Lipinski definition) is 3. The maximum absolute atomic E-state index is 13.0. The van der Waals surface area contributed by atoms with Gasteiger partial charge in [-0.1, -0.05) is 13.8 Å².